The topological polar surface area (TPSA) is 100 Å². The van der Waals surface area contributed by atoms with E-state index in [-0.39, 0.29) is 11.9 Å². The van der Waals surface area contributed by atoms with Gasteiger partial charge in [0, 0.05) is 48.7 Å². The molecule has 1 amide bonds. The molecule has 1 aliphatic heterocycles. The van der Waals surface area contributed by atoms with Crippen LogP contribution in [0.25, 0.3) is 27.7 Å². The van der Waals surface area contributed by atoms with E-state index in [1.165, 1.54) is 0 Å². The summed E-state index contributed by atoms with van der Waals surface area (Å²) in [4.78, 5) is 27.3. The van der Waals surface area contributed by atoms with Crippen LogP contribution in [0.4, 0.5) is 19.1 Å². The molecule has 2 fully saturated rings. The van der Waals surface area contributed by atoms with E-state index in [0.717, 1.165) is 54.4 Å². The fourth-order valence-electron chi connectivity index (χ4n) is 5.49. The van der Waals surface area contributed by atoms with Crippen LogP contribution in [0.3, 0.4) is 0 Å². The van der Waals surface area contributed by atoms with Crippen LogP contribution in [0.15, 0.2) is 36.9 Å². The second kappa shape index (κ2) is 9.90. The van der Waals surface area contributed by atoms with Crippen LogP contribution < -0.4 is 5.32 Å². The largest absolute Gasteiger partial charge is 0.522 e. The Kier molecular flexibility index (Phi) is 6.42. The molecule has 1 saturated carbocycles. The molecule has 0 atom stereocenters. The van der Waals surface area contributed by atoms with Crippen LogP contribution in [0, 0.1) is 0 Å². The van der Waals surface area contributed by atoms with Crippen molar-refractivity contribution in [3.8, 4) is 11.1 Å². The zero-order valence-electron chi connectivity index (χ0n) is 20.7. The number of aromatic amines is 1. The first-order valence-electron chi connectivity index (χ1n) is 13.0. The SMILES string of the molecule is O=C(c1cnn2ccc(-c3c[nH]c4nc(N[C@H]5CC[C@@H](OC(F)(F)F)CC5)ncc34)cc12)N1CCCCC1. The average Bonchev–Trinajstić information content (AvgIpc) is 3.53. The minimum absolute atomic E-state index is 0.00817. The Labute approximate surface area is 216 Å². The number of anilines is 1. The first kappa shape index (κ1) is 24.7. The van der Waals surface area contributed by atoms with Crippen LogP contribution in [-0.4, -0.2) is 67.0 Å². The number of ether oxygens (including phenoxy) is 1. The number of alkyl halides is 3. The zero-order valence-corrected chi connectivity index (χ0v) is 20.7. The Hall–Kier alpha value is -3.67. The lowest BCUT2D eigenvalue weighted by Crippen LogP contribution is -2.35. The Morgan fingerprint density at radius 2 is 1.89 bits per heavy atom. The van der Waals surface area contributed by atoms with Crippen molar-refractivity contribution in [1.82, 2.24) is 29.5 Å². The Morgan fingerprint density at radius 3 is 2.66 bits per heavy atom. The van der Waals surface area contributed by atoms with Crippen LogP contribution in [0.1, 0.15) is 55.3 Å². The second-order valence-corrected chi connectivity index (χ2v) is 10.00. The van der Waals surface area contributed by atoms with E-state index in [1.54, 1.807) is 16.9 Å². The predicted molar refractivity (Wildman–Crippen MR) is 135 cm³/mol. The van der Waals surface area contributed by atoms with E-state index in [2.05, 4.69) is 30.1 Å². The first-order chi connectivity index (χ1) is 18.3. The molecular formula is C26H28F3N7O2. The maximum atomic E-state index is 13.1. The molecular weight excluding hydrogens is 499 g/mol. The lowest BCUT2D eigenvalue weighted by Gasteiger charge is -2.29. The molecule has 1 aliphatic carbocycles. The molecule has 0 radical (unpaired) electrons. The fourth-order valence-corrected chi connectivity index (χ4v) is 5.49. The number of piperidine rings is 1. The number of likely N-dealkylation sites (tertiary alicyclic amines) is 1. The van der Waals surface area contributed by atoms with E-state index < -0.39 is 12.5 Å². The highest BCUT2D eigenvalue weighted by Crippen LogP contribution is 2.31. The molecule has 5 heterocycles. The third kappa shape index (κ3) is 5.04. The van der Waals surface area contributed by atoms with Gasteiger partial charge < -0.3 is 15.2 Å². The average molecular weight is 528 g/mol. The monoisotopic (exact) mass is 527 g/mol. The van der Waals surface area contributed by atoms with Crippen molar-refractivity contribution in [3.63, 3.8) is 0 Å². The van der Waals surface area contributed by atoms with Crippen LogP contribution in [0.2, 0.25) is 0 Å². The standard InChI is InChI=1S/C26H28F3N7O2/c27-26(28,29)38-18-6-4-17(5-7-18)33-25-31-14-20-19(13-30-23(20)34-25)16-8-11-36-22(12-16)21(15-32-36)24(37)35-9-2-1-3-10-35/h8,11-15,17-18H,1-7,9-10H2,(H2,30,31,33,34)/t17-,18+. The van der Waals surface area contributed by atoms with Gasteiger partial charge in [0.25, 0.3) is 5.91 Å². The highest BCUT2D eigenvalue weighted by molar-refractivity contribution is 6.02. The molecule has 38 heavy (non-hydrogen) atoms. The number of hydrogen-bond donors (Lipinski definition) is 2. The van der Waals surface area contributed by atoms with Gasteiger partial charge in [-0.1, -0.05) is 0 Å². The van der Waals surface area contributed by atoms with Crippen molar-refractivity contribution < 1.29 is 22.7 Å². The number of carbonyl (C=O) groups is 1. The van der Waals surface area contributed by atoms with E-state index in [0.29, 0.717) is 42.8 Å². The highest BCUT2D eigenvalue weighted by Gasteiger charge is 2.35. The van der Waals surface area contributed by atoms with Gasteiger partial charge in [-0.05, 0) is 62.6 Å². The predicted octanol–water partition coefficient (Wildman–Crippen LogP) is 5.16. The van der Waals surface area contributed by atoms with Gasteiger partial charge in [-0.15, -0.1) is 13.2 Å². The van der Waals surface area contributed by atoms with Gasteiger partial charge in [-0.2, -0.15) is 10.1 Å². The number of halogens is 3. The van der Waals surface area contributed by atoms with Gasteiger partial charge in [0.15, 0.2) is 0 Å². The number of nitrogens with zero attached hydrogens (tertiary/aromatic N) is 5. The molecule has 2 aliphatic rings. The zero-order chi connectivity index (χ0) is 26.3. The molecule has 4 aromatic heterocycles. The number of rotatable bonds is 5. The molecule has 6 rings (SSSR count). The number of amides is 1. The van der Waals surface area contributed by atoms with Gasteiger partial charge in [0.1, 0.15) is 5.65 Å². The van der Waals surface area contributed by atoms with Gasteiger partial charge in [-0.25, -0.2) is 9.50 Å². The molecule has 0 spiro atoms. The number of carbonyl (C=O) groups excluding carboxylic acids is 1. The normalized spacial score (nSPS) is 20.8. The Bertz CT molecular complexity index is 1450. The lowest BCUT2D eigenvalue weighted by molar-refractivity contribution is -0.345. The second-order valence-electron chi connectivity index (χ2n) is 10.00. The Morgan fingerprint density at radius 1 is 1.11 bits per heavy atom. The quantitative estimate of drug-likeness (QED) is 0.372. The van der Waals surface area contributed by atoms with Crippen molar-refractivity contribution >= 4 is 28.4 Å². The lowest BCUT2D eigenvalue weighted by atomic mass is 9.93. The molecule has 1 saturated heterocycles. The third-order valence-corrected chi connectivity index (χ3v) is 7.45. The summed E-state index contributed by atoms with van der Waals surface area (Å²) in [5.41, 5.74) is 3.79. The fraction of sp³-hybridized carbons (Fsp3) is 0.462. The smallest absolute Gasteiger partial charge is 0.351 e. The van der Waals surface area contributed by atoms with Gasteiger partial charge >= 0.3 is 6.36 Å². The van der Waals surface area contributed by atoms with Gasteiger partial charge in [0.2, 0.25) is 5.95 Å². The molecule has 9 nitrogen and oxygen atoms in total. The summed E-state index contributed by atoms with van der Waals surface area (Å²) in [5, 5.41) is 8.44. The number of H-pyrrole nitrogens is 1. The maximum absolute atomic E-state index is 13.1. The van der Waals surface area contributed by atoms with Gasteiger partial charge in [-0.3, -0.25) is 9.53 Å². The van der Waals surface area contributed by atoms with Crippen molar-refractivity contribution in [1.29, 1.82) is 0 Å². The number of fused-ring (bicyclic) bond motifs is 2. The van der Waals surface area contributed by atoms with Gasteiger partial charge in [0.05, 0.1) is 23.4 Å². The highest BCUT2D eigenvalue weighted by atomic mass is 19.4. The molecule has 12 heteroatoms. The van der Waals surface area contributed by atoms with E-state index in [4.69, 9.17) is 0 Å². The first-order valence-corrected chi connectivity index (χ1v) is 13.0. The summed E-state index contributed by atoms with van der Waals surface area (Å²) in [6.45, 7) is 1.55. The number of pyridine rings is 1. The van der Waals surface area contributed by atoms with Crippen molar-refractivity contribution in [3.05, 3.63) is 42.5 Å². The molecule has 4 aromatic rings. The molecule has 0 unspecified atom stereocenters. The van der Waals surface area contributed by atoms with E-state index in [1.807, 2.05) is 29.4 Å². The molecule has 0 bridgehead atoms. The van der Waals surface area contributed by atoms with Crippen LogP contribution in [0.5, 0.6) is 0 Å². The number of aromatic nitrogens is 5. The van der Waals surface area contributed by atoms with Crippen LogP contribution >= 0.6 is 0 Å². The number of hydrogen-bond acceptors (Lipinski definition) is 6. The summed E-state index contributed by atoms with van der Waals surface area (Å²) in [7, 11) is 0. The minimum Gasteiger partial charge on any atom is -0.351 e. The summed E-state index contributed by atoms with van der Waals surface area (Å²) in [6.07, 6.45) is 6.60. The van der Waals surface area contributed by atoms with E-state index in [9.17, 15) is 18.0 Å². The van der Waals surface area contributed by atoms with Crippen molar-refractivity contribution in [2.45, 2.75) is 63.5 Å². The third-order valence-electron chi connectivity index (χ3n) is 7.45. The van der Waals surface area contributed by atoms with Crippen molar-refractivity contribution in [2.75, 3.05) is 18.4 Å². The summed E-state index contributed by atoms with van der Waals surface area (Å²) in [6, 6.07) is 3.88. The minimum atomic E-state index is -4.60. The van der Waals surface area contributed by atoms with Crippen LogP contribution in [-0.2, 0) is 4.74 Å². The van der Waals surface area contributed by atoms with E-state index >= 15 is 0 Å². The van der Waals surface area contributed by atoms with Crippen molar-refractivity contribution in [2.24, 2.45) is 0 Å². The molecule has 0 aromatic carbocycles. The summed E-state index contributed by atoms with van der Waals surface area (Å²) in [5.74, 6) is 0.431. The Balaban J connectivity index is 1.19. The molecule has 200 valence electrons. The summed E-state index contributed by atoms with van der Waals surface area (Å²) < 4.78 is 43.3. The number of nitrogens with one attached hydrogen (secondary N) is 2. The summed E-state index contributed by atoms with van der Waals surface area (Å²) >= 11 is 0. The molecule has 2 N–H and O–H groups in total. The maximum Gasteiger partial charge on any atom is 0.522 e.